The number of hydrogen-bond donors (Lipinski definition) is 2. The summed E-state index contributed by atoms with van der Waals surface area (Å²) in [5, 5.41) is 5.40. The smallest absolute Gasteiger partial charge is 0.319 e. The van der Waals surface area contributed by atoms with Gasteiger partial charge in [0.1, 0.15) is 11.8 Å². The Morgan fingerprint density at radius 1 is 1.12 bits per heavy atom. The van der Waals surface area contributed by atoms with Crippen molar-refractivity contribution in [3.63, 3.8) is 0 Å². The summed E-state index contributed by atoms with van der Waals surface area (Å²) in [7, 11) is 1.58. The van der Waals surface area contributed by atoms with E-state index in [9.17, 15) is 9.59 Å². The van der Waals surface area contributed by atoms with Gasteiger partial charge in [0.15, 0.2) is 0 Å². The van der Waals surface area contributed by atoms with E-state index in [4.69, 9.17) is 4.74 Å². The summed E-state index contributed by atoms with van der Waals surface area (Å²) in [5.74, 6) is 0.594. The monoisotopic (exact) mass is 339 g/mol. The van der Waals surface area contributed by atoms with E-state index in [-0.39, 0.29) is 5.91 Å². The van der Waals surface area contributed by atoms with Crippen molar-refractivity contribution in [1.29, 1.82) is 0 Å². The van der Waals surface area contributed by atoms with Crippen LogP contribution in [-0.2, 0) is 11.2 Å². The molecule has 1 atom stereocenters. The number of amides is 3. The molecule has 25 heavy (non-hydrogen) atoms. The van der Waals surface area contributed by atoms with Crippen molar-refractivity contribution in [2.45, 2.75) is 19.4 Å². The Bertz CT molecular complexity index is 774. The number of rotatable bonds is 4. The number of carbonyl (C=O) groups is 2. The third-order valence-electron chi connectivity index (χ3n) is 4.22. The lowest BCUT2D eigenvalue weighted by Gasteiger charge is -2.22. The Labute approximate surface area is 146 Å². The van der Waals surface area contributed by atoms with Crippen LogP contribution in [0.4, 0.5) is 16.2 Å². The van der Waals surface area contributed by atoms with Crippen molar-refractivity contribution in [2.75, 3.05) is 23.9 Å². The molecule has 130 valence electrons. The molecule has 1 aliphatic rings. The zero-order chi connectivity index (χ0) is 17.8. The van der Waals surface area contributed by atoms with Crippen LogP contribution in [-0.4, -0.2) is 31.6 Å². The molecule has 0 aliphatic carbocycles. The first-order chi connectivity index (χ1) is 12.1. The topological polar surface area (TPSA) is 70.7 Å². The SMILES string of the molecule is COc1ccc(NC(=O)N[C@@H](C)C(=O)N2CCc3ccccc32)cc1. The van der Waals surface area contributed by atoms with Crippen molar-refractivity contribution < 1.29 is 14.3 Å². The second-order valence-corrected chi connectivity index (χ2v) is 5.92. The molecule has 0 saturated carbocycles. The van der Waals surface area contributed by atoms with Crippen LogP contribution in [0.1, 0.15) is 12.5 Å². The summed E-state index contributed by atoms with van der Waals surface area (Å²) in [5.41, 5.74) is 2.71. The highest BCUT2D eigenvalue weighted by atomic mass is 16.5. The van der Waals surface area contributed by atoms with Gasteiger partial charge in [-0.1, -0.05) is 18.2 Å². The number of ether oxygens (including phenoxy) is 1. The van der Waals surface area contributed by atoms with Crippen LogP contribution in [0.25, 0.3) is 0 Å². The van der Waals surface area contributed by atoms with E-state index in [0.717, 1.165) is 17.7 Å². The van der Waals surface area contributed by atoms with Crippen molar-refractivity contribution in [3.8, 4) is 5.75 Å². The van der Waals surface area contributed by atoms with Gasteiger partial charge in [0, 0.05) is 17.9 Å². The highest BCUT2D eigenvalue weighted by Crippen LogP contribution is 2.27. The van der Waals surface area contributed by atoms with E-state index in [0.29, 0.717) is 18.0 Å². The quantitative estimate of drug-likeness (QED) is 0.900. The van der Waals surface area contributed by atoms with E-state index in [1.54, 1.807) is 43.2 Å². The molecule has 2 aromatic carbocycles. The molecule has 3 rings (SSSR count). The van der Waals surface area contributed by atoms with Gasteiger partial charge in [0.2, 0.25) is 5.91 Å². The minimum Gasteiger partial charge on any atom is -0.497 e. The number of fused-ring (bicyclic) bond motifs is 1. The van der Waals surface area contributed by atoms with Gasteiger partial charge in [-0.15, -0.1) is 0 Å². The predicted octanol–water partition coefficient (Wildman–Crippen LogP) is 2.79. The van der Waals surface area contributed by atoms with Crippen molar-refractivity contribution in [3.05, 3.63) is 54.1 Å². The van der Waals surface area contributed by atoms with Crippen LogP contribution in [0.5, 0.6) is 5.75 Å². The molecule has 1 heterocycles. The second kappa shape index (κ2) is 7.25. The average Bonchev–Trinajstić information content (AvgIpc) is 3.05. The molecule has 1 aliphatic heterocycles. The number of hydrogen-bond acceptors (Lipinski definition) is 3. The zero-order valence-corrected chi connectivity index (χ0v) is 14.3. The van der Waals surface area contributed by atoms with Crippen LogP contribution >= 0.6 is 0 Å². The molecule has 2 N–H and O–H groups in total. The lowest BCUT2D eigenvalue weighted by Crippen LogP contribution is -2.47. The Kier molecular flexibility index (Phi) is 4.88. The lowest BCUT2D eigenvalue weighted by molar-refractivity contribution is -0.119. The van der Waals surface area contributed by atoms with Gasteiger partial charge < -0.3 is 20.3 Å². The molecule has 0 spiro atoms. The molecule has 0 bridgehead atoms. The van der Waals surface area contributed by atoms with Gasteiger partial charge in [0.05, 0.1) is 7.11 Å². The summed E-state index contributed by atoms with van der Waals surface area (Å²) in [6.45, 7) is 2.33. The fourth-order valence-electron chi connectivity index (χ4n) is 2.90. The largest absolute Gasteiger partial charge is 0.497 e. The predicted molar refractivity (Wildman–Crippen MR) is 97.1 cm³/mol. The number of carbonyl (C=O) groups excluding carboxylic acids is 2. The first-order valence-corrected chi connectivity index (χ1v) is 8.19. The lowest BCUT2D eigenvalue weighted by atomic mass is 10.2. The Morgan fingerprint density at radius 2 is 1.84 bits per heavy atom. The van der Waals surface area contributed by atoms with Gasteiger partial charge in [-0.25, -0.2) is 4.79 Å². The molecule has 0 saturated heterocycles. The summed E-state index contributed by atoms with van der Waals surface area (Å²) in [4.78, 5) is 26.5. The maximum atomic E-state index is 12.6. The third kappa shape index (κ3) is 3.74. The standard InChI is InChI=1S/C19H21N3O3/c1-13(18(23)22-12-11-14-5-3-4-6-17(14)22)20-19(24)21-15-7-9-16(25-2)10-8-15/h3-10,13H,11-12H2,1-2H3,(H2,20,21,24)/t13-/m0/s1. The molecule has 0 radical (unpaired) electrons. The summed E-state index contributed by atoms with van der Waals surface area (Å²) in [6, 6.07) is 13.8. The zero-order valence-electron chi connectivity index (χ0n) is 14.3. The second-order valence-electron chi connectivity index (χ2n) is 5.92. The summed E-state index contributed by atoms with van der Waals surface area (Å²) in [6.07, 6.45) is 0.840. The van der Waals surface area contributed by atoms with Gasteiger partial charge in [-0.3, -0.25) is 4.79 Å². The van der Waals surface area contributed by atoms with E-state index in [1.165, 1.54) is 0 Å². The molecule has 6 nitrogen and oxygen atoms in total. The maximum absolute atomic E-state index is 12.6. The molecule has 0 aromatic heterocycles. The normalized spacial score (nSPS) is 13.8. The molecule has 0 unspecified atom stereocenters. The Balaban J connectivity index is 1.58. The van der Waals surface area contributed by atoms with Crippen LogP contribution in [0, 0.1) is 0 Å². The van der Waals surface area contributed by atoms with Crippen LogP contribution in [0.3, 0.4) is 0 Å². The van der Waals surface area contributed by atoms with Gasteiger partial charge in [0.25, 0.3) is 0 Å². The van der Waals surface area contributed by atoms with E-state index in [1.807, 2.05) is 24.3 Å². The Hall–Kier alpha value is -3.02. The van der Waals surface area contributed by atoms with E-state index >= 15 is 0 Å². The molecule has 6 heteroatoms. The molecule has 0 fully saturated rings. The van der Waals surface area contributed by atoms with Gasteiger partial charge >= 0.3 is 6.03 Å². The number of nitrogens with one attached hydrogen (secondary N) is 2. The highest BCUT2D eigenvalue weighted by molar-refractivity contribution is 6.01. The first kappa shape index (κ1) is 16.8. The van der Waals surface area contributed by atoms with Gasteiger partial charge in [-0.05, 0) is 49.2 Å². The van der Waals surface area contributed by atoms with E-state index < -0.39 is 12.1 Å². The van der Waals surface area contributed by atoms with E-state index in [2.05, 4.69) is 10.6 Å². The van der Waals surface area contributed by atoms with Crippen molar-refractivity contribution >= 4 is 23.3 Å². The number of nitrogens with zero attached hydrogens (tertiary/aromatic N) is 1. The molecule has 3 amide bonds. The highest BCUT2D eigenvalue weighted by Gasteiger charge is 2.28. The minimum absolute atomic E-state index is 0.116. The Morgan fingerprint density at radius 3 is 2.56 bits per heavy atom. The average molecular weight is 339 g/mol. The summed E-state index contributed by atoms with van der Waals surface area (Å²) < 4.78 is 5.08. The maximum Gasteiger partial charge on any atom is 0.319 e. The van der Waals surface area contributed by atoms with Crippen molar-refractivity contribution in [1.82, 2.24) is 5.32 Å². The molecule has 2 aromatic rings. The molecular weight excluding hydrogens is 318 g/mol. The van der Waals surface area contributed by atoms with Crippen LogP contribution in [0.2, 0.25) is 0 Å². The third-order valence-corrected chi connectivity index (χ3v) is 4.22. The first-order valence-electron chi connectivity index (χ1n) is 8.19. The van der Waals surface area contributed by atoms with Crippen molar-refractivity contribution in [2.24, 2.45) is 0 Å². The number of urea groups is 1. The minimum atomic E-state index is -0.621. The summed E-state index contributed by atoms with van der Waals surface area (Å²) >= 11 is 0. The fourth-order valence-corrected chi connectivity index (χ4v) is 2.90. The molecular formula is C19H21N3O3. The number of methoxy groups -OCH3 is 1. The van der Waals surface area contributed by atoms with Gasteiger partial charge in [-0.2, -0.15) is 0 Å². The fraction of sp³-hybridized carbons (Fsp3) is 0.263. The number of anilines is 2. The van der Waals surface area contributed by atoms with Crippen LogP contribution < -0.4 is 20.3 Å². The van der Waals surface area contributed by atoms with Crippen LogP contribution in [0.15, 0.2) is 48.5 Å². The number of benzene rings is 2. The number of para-hydroxylation sites is 1.